The van der Waals surface area contributed by atoms with Crippen molar-refractivity contribution in [1.82, 2.24) is 4.90 Å². The van der Waals surface area contributed by atoms with Crippen molar-refractivity contribution in [2.24, 2.45) is 0 Å². The summed E-state index contributed by atoms with van der Waals surface area (Å²) in [5.74, 6) is 0.0461. The number of benzene rings is 1. The van der Waals surface area contributed by atoms with Crippen LogP contribution in [0.4, 0.5) is 11.4 Å². The fourth-order valence-electron chi connectivity index (χ4n) is 2.05. The Morgan fingerprint density at radius 1 is 1.42 bits per heavy atom. The molecule has 1 heterocycles. The van der Waals surface area contributed by atoms with Crippen LogP contribution in [0.25, 0.3) is 6.08 Å². The Bertz CT molecular complexity index is 542. The molecule has 100 valence electrons. The number of nitrogens with zero attached hydrogens (tertiary/aromatic N) is 3. The van der Waals surface area contributed by atoms with Crippen molar-refractivity contribution < 1.29 is 9.72 Å². The summed E-state index contributed by atoms with van der Waals surface area (Å²) in [6, 6.07) is 4.82. The molecule has 1 aromatic carbocycles. The molecule has 0 aromatic heterocycles. The Morgan fingerprint density at radius 3 is 2.74 bits per heavy atom. The van der Waals surface area contributed by atoms with Crippen molar-refractivity contribution in [3.05, 3.63) is 40.5 Å². The minimum atomic E-state index is -0.435. The monoisotopic (exact) mass is 261 g/mol. The van der Waals surface area contributed by atoms with Crippen LogP contribution in [0, 0.1) is 10.1 Å². The van der Waals surface area contributed by atoms with E-state index in [0.717, 1.165) is 12.2 Å². The molecule has 6 nitrogen and oxygen atoms in total. The number of nitro groups is 1. The fourth-order valence-corrected chi connectivity index (χ4v) is 2.05. The number of hydrogen-bond acceptors (Lipinski definition) is 4. The average Bonchev–Trinajstić information content (AvgIpc) is 2.41. The lowest BCUT2D eigenvalue weighted by Crippen LogP contribution is -2.48. The second-order valence-corrected chi connectivity index (χ2v) is 4.44. The largest absolute Gasteiger partial charge is 0.360 e. The topological polar surface area (TPSA) is 66.7 Å². The zero-order chi connectivity index (χ0) is 14.0. The minimum absolute atomic E-state index is 0.0270. The van der Waals surface area contributed by atoms with Gasteiger partial charge >= 0.3 is 0 Å². The number of likely N-dealkylation sites (N-methyl/N-ethyl adjacent to an activating group) is 1. The van der Waals surface area contributed by atoms with Gasteiger partial charge in [0, 0.05) is 31.9 Å². The van der Waals surface area contributed by atoms with Crippen LogP contribution in [0.2, 0.25) is 0 Å². The fraction of sp³-hybridized carbons (Fsp3) is 0.308. The van der Waals surface area contributed by atoms with E-state index < -0.39 is 4.92 Å². The van der Waals surface area contributed by atoms with Crippen LogP contribution in [0.5, 0.6) is 0 Å². The number of amides is 1. The first-order valence-electron chi connectivity index (χ1n) is 5.92. The summed E-state index contributed by atoms with van der Waals surface area (Å²) in [5.41, 5.74) is 1.30. The van der Waals surface area contributed by atoms with Crippen molar-refractivity contribution >= 4 is 23.4 Å². The van der Waals surface area contributed by atoms with Gasteiger partial charge in [-0.25, -0.2) is 0 Å². The van der Waals surface area contributed by atoms with Crippen LogP contribution >= 0.6 is 0 Å². The summed E-state index contributed by atoms with van der Waals surface area (Å²) in [5, 5.41) is 10.8. The molecule has 6 heteroatoms. The summed E-state index contributed by atoms with van der Waals surface area (Å²) in [7, 11) is 1.77. The minimum Gasteiger partial charge on any atom is -0.360 e. The van der Waals surface area contributed by atoms with Gasteiger partial charge in [-0.3, -0.25) is 14.9 Å². The van der Waals surface area contributed by atoms with Gasteiger partial charge in [0.25, 0.3) is 5.69 Å². The van der Waals surface area contributed by atoms with Gasteiger partial charge in [-0.15, -0.1) is 0 Å². The van der Waals surface area contributed by atoms with Crippen LogP contribution < -0.4 is 4.90 Å². The summed E-state index contributed by atoms with van der Waals surface area (Å²) in [6.07, 6.45) is 1.46. The Labute approximate surface area is 111 Å². The van der Waals surface area contributed by atoms with E-state index in [1.165, 1.54) is 12.1 Å². The Hall–Kier alpha value is -2.37. The van der Waals surface area contributed by atoms with Gasteiger partial charge in [-0.05, 0) is 12.1 Å². The molecule has 0 bridgehead atoms. The number of carbonyl (C=O) groups excluding carboxylic acids is 1. The standard InChI is InChI=1S/C13H15N3O3/c1-3-10-8-11(4-5-12(10)16(18)19)15-7-6-14(2)13(17)9-15/h3-5,8H,1,6-7,9H2,2H3. The van der Waals surface area contributed by atoms with Crippen LogP contribution in [-0.4, -0.2) is 42.4 Å². The Morgan fingerprint density at radius 2 is 2.16 bits per heavy atom. The summed E-state index contributed by atoms with van der Waals surface area (Å²) in [4.78, 5) is 25.7. The van der Waals surface area contributed by atoms with Gasteiger partial charge in [0.1, 0.15) is 0 Å². The first-order chi connectivity index (χ1) is 9.02. The molecule has 1 amide bonds. The van der Waals surface area contributed by atoms with Crippen molar-refractivity contribution in [2.75, 3.05) is 31.6 Å². The number of piperazine rings is 1. The molecular weight excluding hydrogens is 246 g/mol. The van der Waals surface area contributed by atoms with Gasteiger partial charge < -0.3 is 9.80 Å². The average molecular weight is 261 g/mol. The molecular formula is C13H15N3O3. The smallest absolute Gasteiger partial charge is 0.276 e. The van der Waals surface area contributed by atoms with Gasteiger partial charge in [-0.2, -0.15) is 0 Å². The lowest BCUT2D eigenvalue weighted by atomic mass is 10.1. The van der Waals surface area contributed by atoms with E-state index >= 15 is 0 Å². The molecule has 0 atom stereocenters. The van der Waals surface area contributed by atoms with Gasteiger partial charge in [0.15, 0.2) is 0 Å². The molecule has 0 saturated carbocycles. The highest BCUT2D eigenvalue weighted by Crippen LogP contribution is 2.26. The summed E-state index contributed by atoms with van der Waals surface area (Å²) >= 11 is 0. The van der Waals surface area contributed by atoms with Crippen molar-refractivity contribution in [3.8, 4) is 0 Å². The highest BCUT2D eigenvalue weighted by molar-refractivity contribution is 5.83. The van der Waals surface area contributed by atoms with E-state index in [9.17, 15) is 14.9 Å². The highest BCUT2D eigenvalue weighted by Gasteiger charge is 2.22. The molecule has 0 radical (unpaired) electrons. The number of nitro benzene ring substituents is 1. The zero-order valence-corrected chi connectivity index (χ0v) is 10.7. The van der Waals surface area contributed by atoms with E-state index in [-0.39, 0.29) is 11.6 Å². The van der Waals surface area contributed by atoms with E-state index in [1.54, 1.807) is 24.1 Å². The van der Waals surface area contributed by atoms with Crippen LogP contribution in [0.1, 0.15) is 5.56 Å². The quantitative estimate of drug-likeness (QED) is 0.611. The van der Waals surface area contributed by atoms with Crippen LogP contribution in [-0.2, 0) is 4.79 Å². The lowest BCUT2D eigenvalue weighted by molar-refractivity contribution is -0.385. The third-order valence-corrected chi connectivity index (χ3v) is 3.25. The van der Waals surface area contributed by atoms with Crippen molar-refractivity contribution in [2.45, 2.75) is 0 Å². The maximum atomic E-state index is 11.7. The molecule has 1 aliphatic rings. The molecule has 19 heavy (non-hydrogen) atoms. The van der Waals surface area contributed by atoms with E-state index in [1.807, 2.05) is 4.90 Å². The third-order valence-electron chi connectivity index (χ3n) is 3.25. The Kier molecular flexibility index (Phi) is 3.50. The third kappa shape index (κ3) is 2.57. The maximum Gasteiger partial charge on any atom is 0.276 e. The second-order valence-electron chi connectivity index (χ2n) is 4.44. The number of anilines is 1. The van der Waals surface area contributed by atoms with Crippen LogP contribution in [0.3, 0.4) is 0 Å². The van der Waals surface area contributed by atoms with E-state index in [0.29, 0.717) is 18.7 Å². The van der Waals surface area contributed by atoms with E-state index in [2.05, 4.69) is 6.58 Å². The highest BCUT2D eigenvalue weighted by atomic mass is 16.6. The van der Waals surface area contributed by atoms with Crippen molar-refractivity contribution in [1.29, 1.82) is 0 Å². The second kappa shape index (κ2) is 5.09. The van der Waals surface area contributed by atoms with Gasteiger partial charge in [0.05, 0.1) is 17.0 Å². The first-order valence-corrected chi connectivity index (χ1v) is 5.92. The molecule has 1 aliphatic heterocycles. The van der Waals surface area contributed by atoms with Gasteiger partial charge in [-0.1, -0.05) is 12.7 Å². The number of hydrogen-bond donors (Lipinski definition) is 0. The molecule has 2 rings (SSSR count). The maximum absolute atomic E-state index is 11.7. The SMILES string of the molecule is C=Cc1cc(N2CCN(C)C(=O)C2)ccc1[N+](=O)[O-]. The number of carbonyl (C=O) groups is 1. The normalized spacial score (nSPS) is 15.5. The molecule has 1 fully saturated rings. The van der Waals surface area contributed by atoms with Gasteiger partial charge in [0.2, 0.25) is 5.91 Å². The molecule has 0 unspecified atom stereocenters. The molecule has 0 spiro atoms. The number of rotatable bonds is 3. The zero-order valence-electron chi connectivity index (χ0n) is 10.7. The Balaban J connectivity index is 2.29. The van der Waals surface area contributed by atoms with Crippen molar-refractivity contribution in [3.63, 3.8) is 0 Å². The molecule has 1 saturated heterocycles. The molecule has 0 aliphatic carbocycles. The lowest BCUT2D eigenvalue weighted by Gasteiger charge is -2.33. The first kappa shape index (κ1) is 13.1. The molecule has 0 N–H and O–H groups in total. The predicted molar refractivity (Wildman–Crippen MR) is 73.0 cm³/mol. The molecule has 1 aromatic rings. The predicted octanol–water partition coefficient (Wildman–Crippen LogP) is 1.52. The van der Waals surface area contributed by atoms with E-state index in [4.69, 9.17) is 0 Å². The summed E-state index contributed by atoms with van der Waals surface area (Å²) in [6.45, 7) is 5.26. The summed E-state index contributed by atoms with van der Waals surface area (Å²) < 4.78 is 0. The van der Waals surface area contributed by atoms with Crippen LogP contribution in [0.15, 0.2) is 24.8 Å².